The summed E-state index contributed by atoms with van der Waals surface area (Å²) < 4.78 is 0. The van der Waals surface area contributed by atoms with E-state index in [1.807, 2.05) is 25.1 Å². The van der Waals surface area contributed by atoms with E-state index in [1.165, 1.54) is 0 Å². The first-order chi connectivity index (χ1) is 5.27. The van der Waals surface area contributed by atoms with Gasteiger partial charge in [-0.3, -0.25) is 5.84 Å². The number of anilines is 1. The van der Waals surface area contributed by atoms with E-state index in [-0.39, 0.29) is 6.61 Å². The molecule has 3 heteroatoms. The minimum atomic E-state index is 0.0151. The van der Waals surface area contributed by atoms with Gasteiger partial charge in [0.15, 0.2) is 0 Å². The first kappa shape index (κ1) is 8.04. The Labute approximate surface area is 65.8 Å². The topological polar surface area (TPSA) is 58.3 Å². The molecule has 1 aromatic carbocycles. The van der Waals surface area contributed by atoms with Crippen LogP contribution < -0.4 is 11.3 Å². The summed E-state index contributed by atoms with van der Waals surface area (Å²) >= 11 is 0. The number of benzene rings is 1. The second-order valence-electron chi connectivity index (χ2n) is 2.46. The Morgan fingerprint density at radius 1 is 1.55 bits per heavy atom. The van der Waals surface area contributed by atoms with E-state index < -0.39 is 0 Å². The average Bonchev–Trinajstić information content (AvgIpc) is 2.04. The number of rotatable bonds is 2. The minimum absolute atomic E-state index is 0.0151. The number of aryl methyl sites for hydroxylation is 1. The number of nitrogens with two attached hydrogens (primary N) is 1. The third-order valence-corrected chi connectivity index (χ3v) is 1.59. The second-order valence-corrected chi connectivity index (χ2v) is 2.46. The summed E-state index contributed by atoms with van der Waals surface area (Å²) in [7, 11) is 0. The quantitative estimate of drug-likeness (QED) is 0.433. The molecule has 0 aromatic heterocycles. The molecule has 0 fully saturated rings. The van der Waals surface area contributed by atoms with Gasteiger partial charge in [-0.15, -0.1) is 0 Å². The zero-order valence-electron chi connectivity index (χ0n) is 6.46. The highest BCUT2D eigenvalue weighted by atomic mass is 16.3. The van der Waals surface area contributed by atoms with Crippen molar-refractivity contribution >= 4 is 5.69 Å². The molecule has 11 heavy (non-hydrogen) atoms. The first-order valence-corrected chi connectivity index (χ1v) is 3.45. The number of hydrogen-bond donors (Lipinski definition) is 3. The van der Waals surface area contributed by atoms with E-state index in [4.69, 9.17) is 10.9 Å². The molecule has 0 unspecified atom stereocenters. The fourth-order valence-corrected chi connectivity index (χ4v) is 0.994. The maximum absolute atomic E-state index is 8.88. The molecule has 4 N–H and O–H groups in total. The van der Waals surface area contributed by atoms with Gasteiger partial charge in [-0.25, -0.2) is 0 Å². The molecule has 3 nitrogen and oxygen atoms in total. The Bertz CT molecular complexity index is 248. The highest BCUT2D eigenvalue weighted by Crippen LogP contribution is 2.15. The van der Waals surface area contributed by atoms with Crippen LogP contribution in [0.1, 0.15) is 11.1 Å². The Kier molecular flexibility index (Phi) is 2.46. The molecule has 0 amide bonds. The van der Waals surface area contributed by atoms with Crippen LogP contribution in [0.4, 0.5) is 5.69 Å². The van der Waals surface area contributed by atoms with Gasteiger partial charge in [0.05, 0.1) is 12.3 Å². The predicted molar refractivity (Wildman–Crippen MR) is 44.9 cm³/mol. The molecule has 0 spiro atoms. The van der Waals surface area contributed by atoms with Crippen molar-refractivity contribution in [3.63, 3.8) is 0 Å². The predicted octanol–water partition coefficient (Wildman–Crippen LogP) is 0.773. The summed E-state index contributed by atoms with van der Waals surface area (Å²) in [6.07, 6.45) is 0. The number of nitrogen functional groups attached to an aromatic ring is 1. The van der Waals surface area contributed by atoms with E-state index >= 15 is 0 Å². The molecule has 0 saturated carbocycles. The van der Waals surface area contributed by atoms with Gasteiger partial charge in [0.2, 0.25) is 0 Å². The largest absolute Gasteiger partial charge is 0.392 e. The number of hydrazine groups is 1. The summed E-state index contributed by atoms with van der Waals surface area (Å²) in [5, 5.41) is 8.88. The molecule has 0 radical (unpaired) electrons. The molecule has 0 saturated heterocycles. The van der Waals surface area contributed by atoms with Crippen LogP contribution in [-0.2, 0) is 6.61 Å². The van der Waals surface area contributed by atoms with Gasteiger partial charge in [-0.05, 0) is 13.0 Å². The normalized spacial score (nSPS) is 9.73. The van der Waals surface area contributed by atoms with Crippen LogP contribution in [0, 0.1) is 6.92 Å². The van der Waals surface area contributed by atoms with Gasteiger partial charge < -0.3 is 10.5 Å². The standard InChI is InChI=1S/C8H12N2O/c1-6-2-3-8(10-9)7(4-6)5-11/h2-4,10-11H,5,9H2,1H3. The van der Waals surface area contributed by atoms with E-state index in [2.05, 4.69) is 5.43 Å². The monoisotopic (exact) mass is 152 g/mol. The van der Waals surface area contributed by atoms with E-state index in [9.17, 15) is 0 Å². The average molecular weight is 152 g/mol. The molecule has 1 rings (SSSR count). The Morgan fingerprint density at radius 3 is 2.82 bits per heavy atom. The molecule has 60 valence electrons. The van der Waals surface area contributed by atoms with Crippen molar-refractivity contribution in [1.82, 2.24) is 0 Å². The third kappa shape index (κ3) is 1.69. The molecule has 0 aliphatic rings. The summed E-state index contributed by atoms with van der Waals surface area (Å²) in [5.74, 6) is 5.22. The third-order valence-electron chi connectivity index (χ3n) is 1.59. The lowest BCUT2D eigenvalue weighted by atomic mass is 10.1. The molecular formula is C8H12N2O. The minimum Gasteiger partial charge on any atom is -0.392 e. The van der Waals surface area contributed by atoms with Crippen LogP contribution in [0.2, 0.25) is 0 Å². The Hall–Kier alpha value is -1.06. The van der Waals surface area contributed by atoms with Crippen LogP contribution in [0.3, 0.4) is 0 Å². The van der Waals surface area contributed by atoms with E-state index in [0.29, 0.717) is 0 Å². The molecule has 1 aromatic rings. The van der Waals surface area contributed by atoms with Gasteiger partial charge in [0.1, 0.15) is 0 Å². The summed E-state index contributed by atoms with van der Waals surface area (Å²) in [4.78, 5) is 0. The lowest BCUT2D eigenvalue weighted by Gasteiger charge is -2.06. The van der Waals surface area contributed by atoms with Crippen molar-refractivity contribution in [1.29, 1.82) is 0 Å². The fourth-order valence-electron chi connectivity index (χ4n) is 0.994. The maximum atomic E-state index is 8.88. The summed E-state index contributed by atoms with van der Waals surface area (Å²) in [6, 6.07) is 5.68. The number of aliphatic hydroxyl groups is 1. The van der Waals surface area contributed by atoms with Crippen molar-refractivity contribution in [3.05, 3.63) is 29.3 Å². The zero-order valence-corrected chi connectivity index (χ0v) is 6.46. The van der Waals surface area contributed by atoms with Crippen molar-refractivity contribution in [3.8, 4) is 0 Å². The molecular weight excluding hydrogens is 140 g/mol. The maximum Gasteiger partial charge on any atom is 0.0702 e. The molecule has 0 aliphatic heterocycles. The van der Waals surface area contributed by atoms with Crippen molar-refractivity contribution < 1.29 is 5.11 Å². The summed E-state index contributed by atoms with van der Waals surface area (Å²) in [6.45, 7) is 1.99. The van der Waals surface area contributed by atoms with E-state index in [0.717, 1.165) is 16.8 Å². The molecule has 0 heterocycles. The lowest BCUT2D eigenvalue weighted by Crippen LogP contribution is -2.09. The Morgan fingerprint density at radius 2 is 2.27 bits per heavy atom. The fraction of sp³-hybridized carbons (Fsp3) is 0.250. The highest BCUT2D eigenvalue weighted by molar-refractivity contribution is 5.51. The molecule has 0 atom stereocenters. The van der Waals surface area contributed by atoms with Crippen LogP contribution in [0.25, 0.3) is 0 Å². The van der Waals surface area contributed by atoms with Crippen molar-refractivity contribution in [2.24, 2.45) is 5.84 Å². The van der Waals surface area contributed by atoms with Crippen molar-refractivity contribution in [2.45, 2.75) is 13.5 Å². The SMILES string of the molecule is Cc1ccc(NN)c(CO)c1. The molecule has 0 aliphatic carbocycles. The zero-order chi connectivity index (χ0) is 8.27. The van der Waals surface area contributed by atoms with E-state index in [1.54, 1.807) is 0 Å². The van der Waals surface area contributed by atoms with Gasteiger partial charge in [0.25, 0.3) is 0 Å². The highest BCUT2D eigenvalue weighted by Gasteiger charge is 1.98. The lowest BCUT2D eigenvalue weighted by molar-refractivity contribution is 0.282. The summed E-state index contributed by atoms with van der Waals surface area (Å²) in [5.41, 5.74) is 5.23. The number of hydrogen-bond acceptors (Lipinski definition) is 3. The number of aliphatic hydroxyl groups excluding tert-OH is 1. The van der Waals surface area contributed by atoms with Gasteiger partial charge >= 0.3 is 0 Å². The Balaban J connectivity index is 3.06. The van der Waals surface area contributed by atoms with Crippen LogP contribution in [0.5, 0.6) is 0 Å². The van der Waals surface area contributed by atoms with Gasteiger partial charge in [-0.2, -0.15) is 0 Å². The molecule has 0 bridgehead atoms. The first-order valence-electron chi connectivity index (χ1n) is 3.45. The van der Waals surface area contributed by atoms with Gasteiger partial charge in [0, 0.05) is 5.56 Å². The van der Waals surface area contributed by atoms with Crippen LogP contribution in [-0.4, -0.2) is 5.11 Å². The van der Waals surface area contributed by atoms with Crippen LogP contribution >= 0.6 is 0 Å². The van der Waals surface area contributed by atoms with Crippen molar-refractivity contribution in [2.75, 3.05) is 5.43 Å². The second kappa shape index (κ2) is 3.37. The van der Waals surface area contributed by atoms with Gasteiger partial charge in [-0.1, -0.05) is 17.7 Å². The van der Waals surface area contributed by atoms with Crippen LogP contribution in [0.15, 0.2) is 18.2 Å². The smallest absolute Gasteiger partial charge is 0.0702 e. The number of nitrogens with one attached hydrogen (secondary N) is 1.